The summed E-state index contributed by atoms with van der Waals surface area (Å²) in [5.74, 6) is 0.153. The van der Waals surface area contributed by atoms with E-state index in [9.17, 15) is 13.2 Å². The fourth-order valence-corrected chi connectivity index (χ4v) is 2.03. The van der Waals surface area contributed by atoms with Crippen molar-refractivity contribution in [1.29, 1.82) is 0 Å². The van der Waals surface area contributed by atoms with E-state index in [0.29, 0.717) is 4.47 Å². The van der Waals surface area contributed by atoms with Crippen molar-refractivity contribution < 1.29 is 13.2 Å². The first-order valence-corrected chi connectivity index (χ1v) is 5.99. The van der Waals surface area contributed by atoms with E-state index in [2.05, 4.69) is 26.1 Å². The van der Waals surface area contributed by atoms with Gasteiger partial charge in [-0.1, -0.05) is 15.9 Å². The quantitative estimate of drug-likeness (QED) is 0.800. The molecule has 0 aliphatic heterocycles. The molecule has 3 nitrogen and oxygen atoms in total. The van der Waals surface area contributed by atoms with E-state index in [1.54, 1.807) is 7.05 Å². The molecule has 1 aromatic carbocycles. The second-order valence-electron chi connectivity index (χ2n) is 3.60. The van der Waals surface area contributed by atoms with E-state index in [4.69, 9.17) is 12.2 Å². The van der Waals surface area contributed by atoms with Crippen molar-refractivity contribution in [1.82, 2.24) is 14.8 Å². The Labute approximate surface area is 114 Å². The monoisotopic (exact) mass is 337 g/mol. The van der Waals surface area contributed by atoms with Crippen LogP contribution < -0.4 is 0 Å². The summed E-state index contributed by atoms with van der Waals surface area (Å²) < 4.78 is 40.9. The molecule has 0 aliphatic carbocycles. The normalized spacial score (nSPS) is 11.8. The molecular weight excluding hydrogens is 331 g/mol. The predicted octanol–water partition coefficient (Wildman–Crippen LogP) is 3.93. The minimum absolute atomic E-state index is 0.0134. The van der Waals surface area contributed by atoms with Crippen LogP contribution in [0.25, 0.3) is 11.4 Å². The van der Waals surface area contributed by atoms with Gasteiger partial charge in [0.25, 0.3) is 0 Å². The average Bonchev–Trinajstić information content (AvgIpc) is 2.59. The number of hydrogen-bond donors (Lipinski definition) is 1. The third-order valence-electron chi connectivity index (χ3n) is 2.41. The van der Waals surface area contributed by atoms with Crippen LogP contribution in [0.2, 0.25) is 0 Å². The number of H-pyrrole nitrogens is 1. The van der Waals surface area contributed by atoms with E-state index in [-0.39, 0.29) is 16.2 Å². The van der Waals surface area contributed by atoms with Crippen LogP contribution in [0.3, 0.4) is 0 Å². The van der Waals surface area contributed by atoms with Crippen LogP contribution in [0.15, 0.2) is 22.7 Å². The lowest BCUT2D eigenvalue weighted by Crippen LogP contribution is -2.08. The molecule has 0 saturated carbocycles. The zero-order chi connectivity index (χ0) is 13.5. The number of rotatable bonds is 1. The zero-order valence-corrected chi connectivity index (χ0v) is 11.4. The zero-order valence-electron chi connectivity index (χ0n) is 9.05. The van der Waals surface area contributed by atoms with Gasteiger partial charge in [-0.15, -0.1) is 0 Å². The van der Waals surface area contributed by atoms with Crippen molar-refractivity contribution in [2.45, 2.75) is 6.18 Å². The van der Waals surface area contributed by atoms with E-state index in [1.807, 2.05) is 0 Å². The van der Waals surface area contributed by atoms with Crippen molar-refractivity contribution in [3.05, 3.63) is 33.0 Å². The first kappa shape index (κ1) is 13.3. The average molecular weight is 338 g/mol. The van der Waals surface area contributed by atoms with Crippen LogP contribution >= 0.6 is 28.1 Å². The Morgan fingerprint density at radius 1 is 1.39 bits per heavy atom. The number of benzene rings is 1. The molecule has 0 radical (unpaired) electrons. The summed E-state index contributed by atoms with van der Waals surface area (Å²) in [6, 6.07) is 3.91. The third kappa shape index (κ3) is 2.35. The molecule has 0 spiro atoms. The van der Waals surface area contributed by atoms with E-state index in [0.717, 1.165) is 6.07 Å². The lowest BCUT2D eigenvalue weighted by Gasteiger charge is -2.12. The number of nitrogens with zero attached hydrogens (tertiary/aromatic N) is 2. The van der Waals surface area contributed by atoms with Gasteiger partial charge in [-0.05, 0) is 30.4 Å². The fraction of sp³-hybridized carbons (Fsp3) is 0.200. The van der Waals surface area contributed by atoms with Crippen LogP contribution in [-0.4, -0.2) is 14.8 Å². The van der Waals surface area contributed by atoms with Crippen LogP contribution in [0.4, 0.5) is 13.2 Å². The molecule has 0 amide bonds. The number of aromatic amines is 1. The highest BCUT2D eigenvalue weighted by molar-refractivity contribution is 9.10. The molecule has 1 N–H and O–H groups in total. The van der Waals surface area contributed by atoms with Crippen LogP contribution in [-0.2, 0) is 13.2 Å². The molecule has 8 heteroatoms. The number of nitrogens with one attached hydrogen (secondary N) is 1. The fourth-order valence-electron chi connectivity index (χ4n) is 1.53. The minimum atomic E-state index is -4.45. The molecule has 2 rings (SSSR count). The van der Waals surface area contributed by atoms with Gasteiger partial charge in [0, 0.05) is 17.1 Å². The maximum absolute atomic E-state index is 13.0. The Bertz CT molecular complexity index is 645. The molecule has 0 atom stereocenters. The predicted molar refractivity (Wildman–Crippen MR) is 66.5 cm³/mol. The summed E-state index contributed by atoms with van der Waals surface area (Å²) >= 11 is 7.92. The highest BCUT2D eigenvalue weighted by Crippen LogP contribution is 2.37. The highest BCUT2D eigenvalue weighted by atomic mass is 79.9. The Morgan fingerprint density at radius 3 is 2.56 bits per heavy atom. The Balaban J connectivity index is 2.72. The number of halogens is 4. The molecule has 0 unspecified atom stereocenters. The summed E-state index contributed by atoms with van der Waals surface area (Å²) in [5.41, 5.74) is -0.769. The molecule has 96 valence electrons. The SMILES string of the molecule is Cn1c(-c2ccc(Br)cc2C(F)(F)F)n[nH]c1=S. The summed E-state index contributed by atoms with van der Waals surface area (Å²) in [4.78, 5) is 0. The molecule has 0 saturated heterocycles. The van der Waals surface area contributed by atoms with Crippen molar-refractivity contribution >= 4 is 28.1 Å². The van der Waals surface area contributed by atoms with Gasteiger partial charge in [0.1, 0.15) is 0 Å². The molecule has 18 heavy (non-hydrogen) atoms. The Kier molecular flexibility index (Phi) is 3.33. The summed E-state index contributed by atoms with van der Waals surface area (Å²) in [6.07, 6.45) is -4.45. The smallest absolute Gasteiger partial charge is 0.303 e. The second kappa shape index (κ2) is 4.51. The molecule has 2 aromatic rings. The van der Waals surface area contributed by atoms with Crippen molar-refractivity contribution in [2.75, 3.05) is 0 Å². The first-order chi connectivity index (χ1) is 8.30. The molecule has 0 aliphatic rings. The summed E-state index contributed by atoms with van der Waals surface area (Å²) in [5, 5.41) is 6.29. The molecule has 0 bridgehead atoms. The highest BCUT2D eigenvalue weighted by Gasteiger charge is 2.34. The van der Waals surface area contributed by atoms with E-state index in [1.165, 1.54) is 16.7 Å². The minimum Gasteiger partial charge on any atom is -0.303 e. The van der Waals surface area contributed by atoms with Crippen LogP contribution in [0.1, 0.15) is 5.56 Å². The third-order valence-corrected chi connectivity index (χ3v) is 3.27. The number of aromatic nitrogens is 3. The number of alkyl halides is 3. The Morgan fingerprint density at radius 2 is 2.06 bits per heavy atom. The van der Waals surface area contributed by atoms with Crippen LogP contribution in [0.5, 0.6) is 0 Å². The Hall–Kier alpha value is -1.15. The molecule has 1 heterocycles. The maximum Gasteiger partial charge on any atom is 0.417 e. The van der Waals surface area contributed by atoms with Crippen LogP contribution in [0, 0.1) is 4.77 Å². The first-order valence-electron chi connectivity index (χ1n) is 4.79. The van der Waals surface area contributed by atoms with Gasteiger partial charge in [-0.3, -0.25) is 5.10 Å². The van der Waals surface area contributed by atoms with Gasteiger partial charge >= 0.3 is 6.18 Å². The number of hydrogen-bond acceptors (Lipinski definition) is 2. The summed E-state index contributed by atoms with van der Waals surface area (Å²) in [7, 11) is 1.56. The van der Waals surface area contributed by atoms with Gasteiger partial charge < -0.3 is 4.57 Å². The van der Waals surface area contributed by atoms with Gasteiger partial charge in [-0.2, -0.15) is 18.3 Å². The molecular formula is C10H7BrF3N3S. The van der Waals surface area contributed by atoms with Gasteiger partial charge in [0.05, 0.1) is 5.56 Å². The van der Waals surface area contributed by atoms with Crippen molar-refractivity contribution in [2.24, 2.45) is 7.05 Å². The summed E-state index contributed by atoms with van der Waals surface area (Å²) in [6.45, 7) is 0. The topological polar surface area (TPSA) is 33.6 Å². The standard InChI is InChI=1S/C10H7BrF3N3S/c1-17-8(15-16-9(17)18)6-3-2-5(11)4-7(6)10(12,13)14/h2-4H,1H3,(H,16,18). The van der Waals surface area contributed by atoms with E-state index >= 15 is 0 Å². The second-order valence-corrected chi connectivity index (χ2v) is 4.90. The molecule has 0 fully saturated rings. The van der Waals surface area contributed by atoms with Crippen molar-refractivity contribution in [3.63, 3.8) is 0 Å². The van der Waals surface area contributed by atoms with Gasteiger partial charge in [-0.25, -0.2) is 0 Å². The van der Waals surface area contributed by atoms with Gasteiger partial charge in [0.2, 0.25) is 0 Å². The molecule has 1 aromatic heterocycles. The van der Waals surface area contributed by atoms with Gasteiger partial charge in [0.15, 0.2) is 10.6 Å². The largest absolute Gasteiger partial charge is 0.417 e. The van der Waals surface area contributed by atoms with Crippen molar-refractivity contribution in [3.8, 4) is 11.4 Å². The maximum atomic E-state index is 13.0. The van der Waals surface area contributed by atoms with E-state index < -0.39 is 11.7 Å². The lowest BCUT2D eigenvalue weighted by atomic mass is 10.1. The lowest BCUT2D eigenvalue weighted by molar-refractivity contribution is -0.137.